The van der Waals surface area contributed by atoms with E-state index in [0.717, 1.165) is 6.07 Å². The summed E-state index contributed by atoms with van der Waals surface area (Å²) in [7, 11) is 0. The van der Waals surface area contributed by atoms with E-state index in [9.17, 15) is 13.6 Å². The van der Waals surface area contributed by atoms with E-state index in [0.29, 0.717) is 28.6 Å². The molecule has 0 unspecified atom stereocenters. The lowest BCUT2D eigenvalue weighted by atomic mass is 10.0. The molecular formula is C17H13F2N5OS. The molecule has 0 fully saturated rings. The fraction of sp³-hybridized carbons (Fsp3) is 0.176. The van der Waals surface area contributed by atoms with Gasteiger partial charge in [0, 0.05) is 29.6 Å². The number of aryl methyl sites for hydroxylation is 1. The minimum absolute atomic E-state index is 0.130. The number of carbonyl (C=O) groups is 1. The molecule has 1 aliphatic rings. The Hall–Kier alpha value is -2.81. The molecule has 132 valence electrons. The Bertz CT molecular complexity index is 992. The molecule has 0 radical (unpaired) electrons. The number of benzene rings is 1. The summed E-state index contributed by atoms with van der Waals surface area (Å²) in [6, 6.07) is 5.12. The molecule has 0 saturated heterocycles. The van der Waals surface area contributed by atoms with Crippen LogP contribution in [0.2, 0.25) is 0 Å². The van der Waals surface area contributed by atoms with Crippen LogP contribution >= 0.6 is 11.8 Å². The number of aromatic nitrogens is 4. The van der Waals surface area contributed by atoms with Crippen LogP contribution in [0.25, 0.3) is 5.95 Å². The number of nitrogens with zero attached hydrogens (tertiary/aromatic N) is 4. The third-order valence-corrected chi connectivity index (χ3v) is 5.25. The highest BCUT2D eigenvalue weighted by molar-refractivity contribution is 8.00. The summed E-state index contributed by atoms with van der Waals surface area (Å²) < 4.78 is 29.2. The molecule has 0 aliphatic carbocycles. The van der Waals surface area contributed by atoms with Gasteiger partial charge in [-0.2, -0.15) is 9.78 Å². The molecule has 1 aliphatic heterocycles. The van der Waals surface area contributed by atoms with Crippen LogP contribution in [0.15, 0.2) is 36.7 Å². The van der Waals surface area contributed by atoms with Gasteiger partial charge < -0.3 is 5.32 Å². The smallest absolute Gasteiger partial charge is 0.252 e. The van der Waals surface area contributed by atoms with Crippen molar-refractivity contribution in [2.24, 2.45) is 0 Å². The first kappa shape index (κ1) is 16.6. The molecule has 0 spiro atoms. The van der Waals surface area contributed by atoms with Crippen LogP contribution in [0.3, 0.4) is 0 Å². The Balaban J connectivity index is 1.91. The maximum Gasteiger partial charge on any atom is 0.252 e. The van der Waals surface area contributed by atoms with E-state index in [-0.39, 0.29) is 11.7 Å². The Morgan fingerprint density at radius 3 is 2.77 bits per heavy atom. The van der Waals surface area contributed by atoms with Crippen molar-refractivity contribution in [3.63, 3.8) is 0 Å². The average Bonchev–Trinajstić information content (AvgIpc) is 2.83. The van der Waals surface area contributed by atoms with Gasteiger partial charge in [-0.05, 0) is 19.1 Å². The number of hydrogen-bond donors (Lipinski definition) is 1. The van der Waals surface area contributed by atoms with Crippen molar-refractivity contribution in [1.29, 1.82) is 0 Å². The Morgan fingerprint density at radius 1 is 1.27 bits per heavy atom. The van der Waals surface area contributed by atoms with Crippen molar-refractivity contribution in [2.75, 3.05) is 11.1 Å². The first-order chi connectivity index (χ1) is 12.5. The molecule has 0 saturated carbocycles. The normalized spacial score (nSPS) is 16.7. The first-order valence-electron chi connectivity index (χ1n) is 7.78. The Kier molecular flexibility index (Phi) is 4.15. The van der Waals surface area contributed by atoms with Crippen LogP contribution in [0.5, 0.6) is 0 Å². The van der Waals surface area contributed by atoms with Crippen LogP contribution in [-0.4, -0.2) is 31.4 Å². The van der Waals surface area contributed by atoms with E-state index in [1.807, 2.05) is 0 Å². The number of carbonyl (C=O) groups excluding carboxylic acids is 1. The van der Waals surface area contributed by atoms with Crippen molar-refractivity contribution in [3.8, 4) is 5.95 Å². The monoisotopic (exact) mass is 373 g/mol. The largest absolute Gasteiger partial charge is 0.309 e. The topological polar surface area (TPSA) is 72.7 Å². The van der Waals surface area contributed by atoms with Gasteiger partial charge in [0.05, 0.1) is 16.7 Å². The van der Waals surface area contributed by atoms with Crippen molar-refractivity contribution in [2.45, 2.75) is 12.2 Å². The second-order valence-electron chi connectivity index (χ2n) is 5.71. The fourth-order valence-corrected chi connectivity index (χ4v) is 4.10. The number of thioether (sulfide) groups is 1. The third-order valence-electron chi connectivity index (χ3n) is 3.99. The molecule has 1 atom stereocenters. The minimum atomic E-state index is -0.661. The highest BCUT2D eigenvalue weighted by Gasteiger charge is 2.32. The van der Waals surface area contributed by atoms with E-state index in [1.165, 1.54) is 28.6 Å². The SMILES string of the molecule is Cc1nn(-c2ncccn2)c2c1[C@@H](c1ccc(F)cc1F)SCC(=O)N2. The van der Waals surface area contributed by atoms with Crippen LogP contribution in [-0.2, 0) is 4.79 Å². The lowest BCUT2D eigenvalue weighted by molar-refractivity contribution is -0.113. The van der Waals surface area contributed by atoms with Crippen molar-refractivity contribution in [3.05, 3.63) is 65.1 Å². The van der Waals surface area contributed by atoms with E-state index in [4.69, 9.17) is 0 Å². The Morgan fingerprint density at radius 2 is 2.04 bits per heavy atom. The molecule has 2 aromatic heterocycles. The molecule has 1 amide bonds. The highest BCUT2D eigenvalue weighted by atomic mass is 32.2. The molecular weight excluding hydrogens is 360 g/mol. The molecule has 1 aromatic carbocycles. The van der Waals surface area contributed by atoms with Crippen LogP contribution < -0.4 is 5.32 Å². The zero-order valence-corrected chi connectivity index (χ0v) is 14.4. The van der Waals surface area contributed by atoms with E-state index in [1.54, 1.807) is 25.4 Å². The number of halogens is 2. The number of rotatable bonds is 2. The van der Waals surface area contributed by atoms with Crippen molar-refractivity contribution < 1.29 is 13.6 Å². The van der Waals surface area contributed by atoms with Crippen molar-refractivity contribution >= 4 is 23.5 Å². The zero-order chi connectivity index (χ0) is 18.3. The molecule has 1 N–H and O–H groups in total. The standard InChI is InChI=1S/C17H13F2N5OS/c1-9-14-15(11-4-3-10(18)7-12(11)19)26-8-13(25)22-16(14)24(23-9)17-20-5-2-6-21-17/h2-7,15H,8H2,1H3,(H,22,25)/t15-/m1/s1. The molecule has 3 aromatic rings. The molecule has 6 nitrogen and oxygen atoms in total. The highest BCUT2D eigenvalue weighted by Crippen LogP contribution is 2.44. The van der Waals surface area contributed by atoms with E-state index >= 15 is 0 Å². The predicted molar refractivity (Wildman–Crippen MR) is 93.2 cm³/mol. The number of nitrogens with one attached hydrogen (secondary N) is 1. The summed E-state index contributed by atoms with van der Waals surface area (Å²) in [6.07, 6.45) is 3.13. The maximum absolute atomic E-state index is 14.4. The van der Waals surface area contributed by atoms with Gasteiger partial charge >= 0.3 is 0 Å². The predicted octanol–water partition coefficient (Wildman–Crippen LogP) is 3.02. The third kappa shape index (κ3) is 2.84. The molecule has 26 heavy (non-hydrogen) atoms. The molecule has 0 bridgehead atoms. The first-order valence-corrected chi connectivity index (χ1v) is 8.83. The van der Waals surface area contributed by atoms with Gasteiger partial charge in [0.2, 0.25) is 5.91 Å². The van der Waals surface area contributed by atoms with Crippen LogP contribution in [0.4, 0.5) is 14.6 Å². The van der Waals surface area contributed by atoms with E-state index < -0.39 is 16.9 Å². The quantitative estimate of drug-likeness (QED) is 0.748. The zero-order valence-electron chi connectivity index (χ0n) is 13.6. The van der Waals surface area contributed by atoms with Gasteiger partial charge in [0.1, 0.15) is 17.5 Å². The lowest BCUT2D eigenvalue weighted by Crippen LogP contribution is -2.16. The van der Waals surface area contributed by atoms with Gasteiger partial charge in [-0.15, -0.1) is 11.8 Å². The average molecular weight is 373 g/mol. The maximum atomic E-state index is 14.4. The van der Waals surface area contributed by atoms with Gasteiger partial charge in [-0.1, -0.05) is 6.07 Å². The molecule has 3 heterocycles. The van der Waals surface area contributed by atoms with Gasteiger partial charge in [0.15, 0.2) is 0 Å². The summed E-state index contributed by atoms with van der Waals surface area (Å²) >= 11 is 1.26. The van der Waals surface area contributed by atoms with Gasteiger partial charge in [0.25, 0.3) is 5.95 Å². The summed E-state index contributed by atoms with van der Waals surface area (Å²) in [5, 5.41) is 6.72. The van der Waals surface area contributed by atoms with Gasteiger partial charge in [-0.25, -0.2) is 18.7 Å². The minimum Gasteiger partial charge on any atom is -0.309 e. The second kappa shape index (κ2) is 6.49. The van der Waals surface area contributed by atoms with Gasteiger partial charge in [-0.3, -0.25) is 4.79 Å². The number of amides is 1. The lowest BCUT2D eigenvalue weighted by Gasteiger charge is -2.16. The number of anilines is 1. The number of fused-ring (bicyclic) bond motifs is 1. The van der Waals surface area contributed by atoms with Crippen molar-refractivity contribution in [1.82, 2.24) is 19.7 Å². The van der Waals surface area contributed by atoms with E-state index in [2.05, 4.69) is 20.4 Å². The van der Waals surface area contributed by atoms with Crippen LogP contribution in [0.1, 0.15) is 22.1 Å². The summed E-state index contributed by atoms with van der Waals surface area (Å²) in [5.41, 5.74) is 1.56. The molecule has 4 rings (SSSR count). The van der Waals surface area contributed by atoms with Crippen LogP contribution in [0, 0.1) is 18.6 Å². The summed E-state index contributed by atoms with van der Waals surface area (Å²) in [5.74, 6) is -0.723. The summed E-state index contributed by atoms with van der Waals surface area (Å²) in [4.78, 5) is 20.5. The Labute approximate surface area is 151 Å². The number of hydrogen-bond acceptors (Lipinski definition) is 5. The summed E-state index contributed by atoms with van der Waals surface area (Å²) in [6.45, 7) is 1.77. The molecule has 9 heteroatoms. The fourth-order valence-electron chi connectivity index (χ4n) is 2.89. The second-order valence-corrected chi connectivity index (χ2v) is 6.81.